The smallest absolute Gasteiger partial charge is 0.416 e. The summed E-state index contributed by atoms with van der Waals surface area (Å²) in [5, 5.41) is 2.68. The lowest BCUT2D eigenvalue weighted by Crippen LogP contribution is -2.57. The Balaban J connectivity index is 1.36. The van der Waals surface area contributed by atoms with Crippen molar-refractivity contribution >= 4 is 35.4 Å². The lowest BCUT2D eigenvalue weighted by molar-refractivity contribution is -0.198. The summed E-state index contributed by atoms with van der Waals surface area (Å²) in [6.45, 7) is 6.70. The van der Waals surface area contributed by atoms with E-state index in [0.29, 0.717) is 38.2 Å². The number of benzene rings is 1. The van der Waals surface area contributed by atoms with Crippen molar-refractivity contribution in [3.63, 3.8) is 0 Å². The lowest BCUT2D eigenvalue weighted by Gasteiger charge is -2.42. The maximum absolute atomic E-state index is 14.1. The molecule has 3 aliphatic rings. The van der Waals surface area contributed by atoms with Crippen LogP contribution in [-0.2, 0) is 30.8 Å². The predicted molar refractivity (Wildman–Crippen MR) is 177 cm³/mol. The van der Waals surface area contributed by atoms with Crippen LogP contribution in [0.4, 0.5) is 16.3 Å². The Kier molecular flexibility index (Phi) is 12.1. The van der Waals surface area contributed by atoms with E-state index < -0.39 is 30.6 Å². The van der Waals surface area contributed by atoms with Gasteiger partial charge in [-0.25, -0.2) is 19.5 Å². The van der Waals surface area contributed by atoms with Crippen LogP contribution in [0.5, 0.6) is 11.5 Å². The Morgan fingerprint density at radius 1 is 1.12 bits per heavy atom. The van der Waals surface area contributed by atoms with Crippen LogP contribution in [0.3, 0.4) is 0 Å². The Labute approximate surface area is 285 Å². The predicted octanol–water partition coefficient (Wildman–Crippen LogP) is 4.41. The molecule has 3 amide bonds. The van der Waals surface area contributed by atoms with Crippen molar-refractivity contribution in [3.05, 3.63) is 42.4 Å². The molecule has 4 heterocycles. The molecule has 1 N–H and O–H groups in total. The molecule has 0 spiro atoms. The normalized spacial score (nSPS) is 20.4. The van der Waals surface area contributed by atoms with Crippen LogP contribution in [0.2, 0.25) is 0 Å². The molecule has 2 aromatic rings. The molecule has 0 bridgehead atoms. The summed E-state index contributed by atoms with van der Waals surface area (Å²) in [6.07, 6.45) is 6.11. The number of amides is 3. The minimum absolute atomic E-state index is 0.0378. The fourth-order valence-corrected chi connectivity index (χ4v) is 6.22. The van der Waals surface area contributed by atoms with E-state index in [4.69, 9.17) is 28.4 Å². The van der Waals surface area contributed by atoms with Crippen LogP contribution in [0.25, 0.3) is 0 Å². The van der Waals surface area contributed by atoms with Crippen molar-refractivity contribution in [1.82, 2.24) is 14.5 Å². The van der Waals surface area contributed by atoms with E-state index in [-0.39, 0.29) is 66.7 Å². The highest BCUT2D eigenvalue weighted by Gasteiger charge is 2.46. The number of aryl methyl sites for hydroxylation is 1. The van der Waals surface area contributed by atoms with E-state index in [1.165, 1.54) is 28.8 Å². The van der Waals surface area contributed by atoms with Gasteiger partial charge < -0.3 is 43.2 Å². The molecule has 0 radical (unpaired) electrons. The third kappa shape index (κ3) is 8.33. The molecule has 1 aromatic heterocycles. The molecule has 266 valence electrons. The van der Waals surface area contributed by atoms with Gasteiger partial charge in [0.25, 0.3) is 5.91 Å². The second-order valence-corrected chi connectivity index (χ2v) is 11.9. The minimum atomic E-state index is -0.883. The lowest BCUT2D eigenvalue weighted by atomic mass is 10.00. The van der Waals surface area contributed by atoms with Gasteiger partial charge in [0, 0.05) is 38.9 Å². The van der Waals surface area contributed by atoms with Gasteiger partial charge in [-0.1, -0.05) is 12.7 Å². The fraction of sp³-hybridized carbons (Fsp3) is 0.559. The van der Waals surface area contributed by atoms with Crippen LogP contribution in [-0.4, -0.2) is 97.0 Å². The molecule has 0 aliphatic carbocycles. The molecule has 15 nitrogen and oxygen atoms in total. The number of esters is 1. The van der Waals surface area contributed by atoms with Crippen LogP contribution < -0.4 is 19.7 Å². The summed E-state index contributed by atoms with van der Waals surface area (Å²) < 4.78 is 36.2. The van der Waals surface area contributed by atoms with Gasteiger partial charge in [0.1, 0.15) is 6.61 Å². The zero-order valence-electron chi connectivity index (χ0n) is 28.3. The van der Waals surface area contributed by atoms with E-state index in [1.807, 2.05) is 0 Å². The van der Waals surface area contributed by atoms with Crippen LogP contribution in [0, 0.1) is 0 Å². The molecule has 1 aromatic carbocycles. The van der Waals surface area contributed by atoms with E-state index in [9.17, 15) is 19.2 Å². The first-order valence-electron chi connectivity index (χ1n) is 16.8. The number of methoxy groups -OCH3 is 1. The number of hydrogen-bond donors (Lipinski definition) is 1. The van der Waals surface area contributed by atoms with Gasteiger partial charge in [0.05, 0.1) is 37.6 Å². The standard InChI is InChI=1S/C34H45N5O10/c1-5-16-48-34(43)39-24-20-26(46-18-11-13-28(40)35-27-21-37(3)30(36-27)33(42)45-6-2)25(44-4)19-22(24)31(41)38-15-9-7-12-23(38)32(39)49-29-14-8-10-17-47-29/h5,19-21,23,29,32H,1,6-18H2,2-4H3,(H,35,40). The molecule has 3 aliphatic heterocycles. The van der Waals surface area contributed by atoms with Crippen molar-refractivity contribution in [3.8, 4) is 11.5 Å². The van der Waals surface area contributed by atoms with Gasteiger partial charge in [0.15, 0.2) is 29.8 Å². The van der Waals surface area contributed by atoms with Gasteiger partial charge in [-0.2, -0.15) is 0 Å². The Hall–Kier alpha value is -4.63. The number of rotatable bonds is 13. The largest absolute Gasteiger partial charge is 0.493 e. The molecule has 2 fully saturated rings. The monoisotopic (exact) mass is 683 g/mol. The van der Waals surface area contributed by atoms with Crippen molar-refractivity contribution in [2.24, 2.45) is 7.05 Å². The molecular formula is C34H45N5O10. The maximum atomic E-state index is 14.1. The van der Waals surface area contributed by atoms with Gasteiger partial charge >= 0.3 is 12.1 Å². The highest BCUT2D eigenvalue weighted by atomic mass is 16.7. The van der Waals surface area contributed by atoms with E-state index in [2.05, 4.69) is 16.9 Å². The van der Waals surface area contributed by atoms with Crippen LogP contribution >= 0.6 is 0 Å². The second-order valence-electron chi connectivity index (χ2n) is 11.9. The summed E-state index contributed by atoms with van der Waals surface area (Å²) in [5.41, 5.74) is 0.509. The average Bonchev–Trinajstić information content (AvgIpc) is 3.44. The van der Waals surface area contributed by atoms with E-state index >= 15 is 0 Å². The molecule has 2 saturated heterocycles. The Morgan fingerprint density at radius 2 is 1.94 bits per heavy atom. The van der Waals surface area contributed by atoms with Crippen molar-refractivity contribution in [2.45, 2.75) is 76.9 Å². The van der Waals surface area contributed by atoms with Gasteiger partial charge in [0.2, 0.25) is 11.7 Å². The molecule has 5 rings (SSSR count). The highest BCUT2D eigenvalue weighted by Crippen LogP contribution is 2.42. The minimum Gasteiger partial charge on any atom is -0.493 e. The molecule has 0 saturated carbocycles. The molecular weight excluding hydrogens is 638 g/mol. The first-order valence-corrected chi connectivity index (χ1v) is 16.8. The number of aromatic nitrogens is 2. The SMILES string of the molecule is C=CCOC(=O)N1c2cc(OCCCC(=O)Nc3cn(C)c(C(=O)OCC)n3)c(OC)cc2C(=O)N2CCCCC2C1OC1CCCCO1. The van der Waals surface area contributed by atoms with Crippen molar-refractivity contribution in [2.75, 3.05) is 50.3 Å². The Bertz CT molecular complexity index is 1520. The molecule has 49 heavy (non-hydrogen) atoms. The summed E-state index contributed by atoms with van der Waals surface area (Å²) in [4.78, 5) is 60.0. The summed E-state index contributed by atoms with van der Waals surface area (Å²) >= 11 is 0. The highest BCUT2D eigenvalue weighted by molar-refractivity contribution is 6.06. The van der Waals surface area contributed by atoms with Gasteiger partial charge in [-0.05, 0) is 57.9 Å². The third-order valence-corrected chi connectivity index (χ3v) is 8.52. The number of carbonyl (C=O) groups excluding carboxylic acids is 4. The zero-order chi connectivity index (χ0) is 34.9. The summed E-state index contributed by atoms with van der Waals surface area (Å²) in [6, 6.07) is 2.72. The zero-order valence-corrected chi connectivity index (χ0v) is 28.3. The number of piperidine rings is 1. The number of fused-ring (bicyclic) bond motifs is 2. The summed E-state index contributed by atoms with van der Waals surface area (Å²) in [7, 11) is 3.10. The quantitative estimate of drug-likeness (QED) is 0.181. The number of nitrogens with zero attached hydrogens (tertiary/aromatic N) is 4. The maximum Gasteiger partial charge on any atom is 0.416 e. The Morgan fingerprint density at radius 3 is 2.67 bits per heavy atom. The van der Waals surface area contributed by atoms with Crippen LogP contribution in [0.15, 0.2) is 31.0 Å². The third-order valence-electron chi connectivity index (χ3n) is 8.52. The van der Waals surface area contributed by atoms with Crippen molar-refractivity contribution in [1.29, 1.82) is 0 Å². The van der Waals surface area contributed by atoms with Crippen molar-refractivity contribution < 1.29 is 47.6 Å². The number of hydrogen-bond acceptors (Lipinski definition) is 11. The van der Waals surface area contributed by atoms with E-state index in [0.717, 1.165) is 25.7 Å². The number of carbonyl (C=O) groups is 4. The summed E-state index contributed by atoms with van der Waals surface area (Å²) in [5.74, 6) is -0.297. The average molecular weight is 684 g/mol. The second kappa shape index (κ2) is 16.7. The van der Waals surface area contributed by atoms with Gasteiger partial charge in [-0.15, -0.1) is 0 Å². The number of nitrogens with one attached hydrogen (secondary N) is 1. The topological polar surface area (TPSA) is 160 Å². The number of anilines is 2. The fourth-order valence-electron chi connectivity index (χ4n) is 6.22. The molecule has 3 unspecified atom stereocenters. The van der Waals surface area contributed by atoms with Gasteiger partial charge in [-0.3, -0.25) is 9.59 Å². The number of imidazole rings is 1. The van der Waals surface area contributed by atoms with E-state index in [1.54, 1.807) is 31.0 Å². The first-order chi connectivity index (χ1) is 23.7. The first kappa shape index (κ1) is 35.7. The number of ether oxygens (including phenoxy) is 6. The van der Waals surface area contributed by atoms with Crippen LogP contribution in [0.1, 0.15) is 79.3 Å². The molecule has 3 atom stereocenters. The molecule has 15 heteroatoms.